The molecule has 1 aliphatic rings. The largest absolute Gasteiger partial charge is 0.495 e. The van der Waals surface area contributed by atoms with Gasteiger partial charge >= 0.3 is 0 Å². The molecule has 0 radical (unpaired) electrons. The molecule has 1 aliphatic carbocycles. The zero-order valence-corrected chi connectivity index (χ0v) is 13.2. The minimum absolute atomic E-state index is 0.149. The molecule has 0 heterocycles. The van der Waals surface area contributed by atoms with Gasteiger partial charge in [-0.1, -0.05) is 24.4 Å². The molecule has 0 aliphatic heterocycles. The second-order valence-corrected chi connectivity index (χ2v) is 5.68. The Hall–Kier alpha value is -1.46. The normalized spacial score (nSPS) is 17.8. The van der Waals surface area contributed by atoms with Crippen LogP contribution in [0.3, 0.4) is 0 Å². The average Bonchev–Trinajstić information content (AvgIpc) is 2.95. The van der Waals surface area contributed by atoms with E-state index in [2.05, 4.69) is 10.3 Å². The van der Waals surface area contributed by atoms with Gasteiger partial charge in [0.15, 0.2) is 5.96 Å². The lowest BCUT2D eigenvalue weighted by atomic mass is 10.0. The maximum absolute atomic E-state index is 6.07. The maximum atomic E-state index is 6.07. The quantitative estimate of drug-likeness (QED) is 0.648. The third kappa shape index (κ3) is 4.02. The fraction of sp³-hybridized carbons (Fsp3) is 0.533. The second-order valence-electron chi connectivity index (χ2n) is 5.27. The van der Waals surface area contributed by atoms with Crippen LogP contribution in [0, 0.1) is 0 Å². The molecule has 21 heavy (non-hydrogen) atoms. The molecule has 2 rings (SSSR count). The molecule has 0 spiro atoms. The first-order valence-electron chi connectivity index (χ1n) is 7.04. The van der Waals surface area contributed by atoms with Crippen molar-refractivity contribution in [2.45, 2.75) is 31.3 Å². The van der Waals surface area contributed by atoms with Crippen molar-refractivity contribution < 1.29 is 9.47 Å². The zero-order chi connectivity index (χ0) is 15.3. The van der Waals surface area contributed by atoms with Crippen molar-refractivity contribution in [3.63, 3.8) is 0 Å². The summed E-state index contributed by atoms with van der Waals surface area (Å²) in [7, 11) is 3.32. The van der Waals surface area contributed by atoms with Gasteiger partial charge in [0.2, 0.25) is 0 Å². The molecule has 0 atom stereocenters. The summed E-state index contributed by atoms with van der Waals surface area (Å²) in [6, 6.07) is 5.38. The van der Waals surface area contributed by atoms with Crippen LogP contribution in [-0.2, 0) is 4.74 Å². The molecule has 5 nitrogen and oxygen atoms in total. The topological polar surface area (TPSA) is 68.9 Å². The highest BCUT2D eigenvalue weighted by Gasteiger charge is 2.33. The van der Waals surface area contributed by atoms with Gasteiger partial charge in [-0.25, -0.2) is 0 Å². The predicted molar refractivity (Wildman–Crippen MR) is 86.3 cm³/mol. The van der Waals surface area contributed by atoms with E-state index in [0.29, 0.717) is 23.3 Å². The number of anilines is 1. The average molecular weight is 312 g/mol. The molecular formula is C15H22ClN3O2. The standard InChI is InChI=1S/C15H22ClN3O2/c1-20-13-6-5-11(9-12(13)16)19-14(17)18-10-15(21-2)7-3-4-8-15/h5-6,9H,3-4,7-8,10H2,1-2H3,(H3,17,18,19). The number of hydrogen-bond donors (Lipinski definition) is 2. The highest BCUT2D eigenvalue weighted by atomic mass is 35.5. The van der Waals surface area contributed by atoms with Gasteiger partial charge in [0.05, 0.1) is 24.3 Å². The monoisotopic (exact) mass is 311 g/mol. The first kappa shape index (κ1) is 15.9. The number of benzene rings is 1. The van der Waals surface area contributed by atoms with Crippen LogP contribution in [-0.4, -0.2) is 32.3 Å². The Kier molecular flexibility index (Phi) is 5.31. The molecule has 3 N–H and O–H groups in total. The van der Waals surface area contributed by atoms with Gasteiger partial charge in [-0.3, -0.25) is 4.99 Å². The summed E-state index contributed by atoms with van der Waals surface area (Å²) in [5.74, 6) is 0.988. The lowest BCUT2D eigenvalue weighted by molar-refractivity contribution is 0.00429. The molecule has 0 bridgehead atoms. The summed E-state index contributed by atoms with van der Waals surface area (Å²) in [5, 5.41) is 3.56. The van der Waals surface area contributed by atoms with Crippen LogP contribution in [0.2, 0.25) is 5.02 Å². The molecular weight excluding hydrogens is 290 g/mol. The summed E-state index contributed by atoms with van der Waals surface area (Å²) in [5.41, 5.74) is 6.56. The van der Waals surface area contributed by atoms with E-state index in [-0.39, 0.29) is 5.60 Å². The van der Waals surface area contributed by atoms with Crippen molar-refractivity contribution in [3.8, 4) is 5.75 Å². The first-order chi connectivity index (χ1) is 10.1. The van der Waals surface area contributed by atoms with E-state index in [9.17, 15) is 0 Å². The van der Waals surface area contributed by atoms with E-state index in [1.54, 1.807) is 26.4 Å². The Labute approximate surface area is 130 Å². The highest BCUT2D eigenvalue weighted by molar-refractivity contribution is 6.32. The number of aliphatic imine (C=N–C) groups is 1. The molecule has 6 heteroatoms. The van der Waals surface area contributed by atoms with Crippen LogP contribution in [0.4, 0.5) is 5.69 Å². The number of guanidine groups is 1. The number of methoxy groups -OCH3 is 2. The van der Waals surface area contributed by atoms with E-state index < -0.39 is 0 Å². The molecule has 1 aromatic rings. The van der Waals surface area contributed by atoms with Crippen molar-refractivity contribution >= 4 is 23.2 Å². The Morgan fingerprint density at radius 1 is 1.38 bits per heavy atom. The minimum Gasteiger partial charge on any atom is -0.495 e. The van der Waals surface area contributed by atoms with E-state index in [4.69, 9.17) is 26.8 Å². The Morgan fingerprint density at radius 3 is 2.67 bits per heavy atom. The summed E-state index contributed by atoms with van der Waals surface area (Å²) in [6.45, 7) is 0.576. The van der Waals surface area contributed by atoms with Crippen LogP contribution in [0.25, 0.3) is 0 Å². The number of nitrogens with one attached hydrogen (secondary N) is 1. The van der Waals surface area contributed by atoms with E-state index in [0.717, 1.165) is 18.5 Å². The minimum atomic E-state index is -0.149. The third-order valence-electron chi connectivity index (χ3n) is 3.91. The van der Waals surface area contributed by atoms with E-state index in [1.807, 2.05) is 6.07 Å². The van der Waals surface area contributed by atoms with Gasteiger partial charge in [0, 0.05) is 12.8 Å². The van der Waals surface area contributed by atoms with Crippen molar-refractivity contribution in [1.82, 2.24) is 0 Å². The molecule has 0 aromatic heterocycles. The van der Waals surface area contributed by atoms with Crippen LogP contribution in [0.15, 0.2) is 23.2 Å². The van der Waals surface area contributed by atoms with Gasteiger partial charge in [0.25, 0.3) is 0 Å². The molecule has 0 saturated heterocycles. The third-order valence-corrected chi connectivity index (χ3v) is 4.20. The summed E-state index contributed by atoms with van der Waals surface area (Å²) < 4.78 is 10.7. The van der Waals surface area contributed by atoms with Gasteiger partial charge in [-0.05, 0) is 31.0 Å². The zero-order valence-electron chi connectivity index (χ0n) is 12.5. The van der Waals surface area contributed by atoms with Gasteiger partial charge < -0.3 is 20.5 Å². The van der Waals surface area contributed by atoms with Crippen molar-refractivity contribution in [1.29, 1.82) is 0 Å². The molecule has 1 aromatic carbocycles. The number of nitrogens with zero attached hydrogens (tertiary/aromatic N) is 1. The predicted octanol–water partition coefficient (Wildman–Crippen LogP) is 3.03. The fourth-order valence-electron chi connectivity index (χ4n) is 2.61. The number of rotatable bonds is 5. The second kappa shape index (κ2) is 7.00. The fourth-order valence-corrected chi connectivity index (χ4v) is 2.86. The van der Waals surface area contributed by atoms with E-state index >= 15 is 0 Å². The smallest absolute Gasteiger partial charge is 0.193 e. The lowest BCUT2D eigenvalue weighted by Crippen LogP contribution is -2.33. The summed E-state index contributed by atoms with van der Waals surface area (Å²) in [6.07, 6.45) is 4.44. The Balaban J connectivity index is 1.98. The Morgan fingerprint density at radius 2 is 2.10 bits per heavy atom. The highest BCUT2D eigenvalue weighted by Crippen LogP contribution is 2.33. The van der Waals surface area contributed by atoms with Crippen LogP contribution >= 0.6 is 11.6 Å². The van der Waals surface area contributed by atoms with Crippen LogP contribution in [0.5, 0.6) is 5.75 Å². The van der Waals surface area contributed by atoms with Crippen molar-refractivity contribution in [3.05, 3.63) is 23.2 Å². The summed E-state index contributed by atoms with van der Waals surface area (Å²) >= 11 is 6.07. The summed E-state index contributed by atoms with van der Waals surface area (Å²) in [4.78, 5) is 4.40. The Bertz CT molecular complexity index is 514. The first-order valence-corrected chi connectivity index (χ1v) is 7.42. The van der Waals surface area contributed by atoms with Gasteiger partial charge in [0.1, 0.15) is 5.75 Å². The number of hydrogen-bond acceptors (Lipinski definition) is 3. The van der Waals surface area contributed by atoms with E-state index in [1.165, 1.54) is 12.8 Å². The van der Waals surface area contributed by atoms with Crippen LogP contribution < -0.4 is 15.8 Å². The molecule has 0 unspecified atom stereocenters. The number of nitrogens with two attached hydrogens (primary N) is 1. The SMILES string of the molecule is COc1ccc(NC(N)=NCC2(OC)CCCC2)cc1Cl. The van der Waals surface area contributed by atoms with Crippen molar-refractivity contribution in [2.75, 3.05) is 26.1 Å². The van der Waals surface area contributed by atoms with Gasteiger partial charge in [-0.15, -0.1) is 0 Å². The van der Waals surface area contributed by atoms with Crippen LogP contribution in [0.1, 0.15) is 25.7 Å². The maximum Gasteiger partial charge on any atom is 0.193 e. The molecule has 1 fully saturated rings. The van der Waals surface area contributed by atoms with Crippen molar-refractivity contribution in [2.24, 2.45) is 10.7 Å². The lowest BCUT2D eigenvalue weighted by Gasteiger charge is -2.25. The molecule has 116 valence electrons. The molecule has 1 saturated carbocycles. The number of ether oxygens (including phenoxy) is 2. The van der Waals surface area contributed by atoms with Gasteiger partial charge in [-0.2, -0.15) is 0 Å². The number of halogens is 1. The molecule has 0 amide bonds.